The van der Waals surface area contributed by atoms with Crippen LogP contribution < -0.4 is 10.6 Å². The summed E-state index contributed by atoms with van der Waals surface area (Å²) in [4.78, 5) is 25.4. The first-order valence-electron chi connectivity index (χ1n) is 11.8. The van der Waals surface area contributed by atoms with Crippen LogP contribution >= 0.6 is 0 Å². The van der Waals surface area contributed by atoms with Crippen LogP contribution in [0.1, 0.15) is 51.6 Å². The fourth-order valence-corrected chi connectivity index (χ4v) is 3.85. The van der Waals surface area contributed by atoms with Crippen molar-refractivity contribution in [3.05, 3.63) is 108 Å². The zero-order chi connectivity index (χ0) is 24.5. The molecule has 2 amide bonds. The topological polar surface area (TPSA) is 93.8 Å². The lowest BCUT2D eigenvalue weighted by Gasteiger charge is -2.19. The lowest BCUT2D eigenvalue weighted by molar-refractivity contribution is 0.0906. The molecule has 1 atom stereocenters. The number of aromatic nitrogens is 4. The van der Waals surface area contributed by atoms with Gasteiger partial charge in [-0.05, 0) is 53.9 Å². The number of hydrogen-bond donors (Lipinski definition) is 2. The molecule has 180 valence electrons. The summed E-state index contributed by atoms with van der Waals surface area (Å²) in [5, 5.41) is 14.4. The predicted molar refractivity (Wildman–Crippen MR) is 134 cm³/mol. The van der Waals surface area contributed by atoms with Gasteiger partial charge in [0.1, 0.15) is 0 Å². The molecule has 35 heavy (non-hydrogen) atoms. The van der Waals surface area contributed by atoms with Crippen LogP contribution in [-0.2, 0) is 13.1 Å². The van der Waals surface area contributed by atoms with Gasteiger partial charge in [-0.2, -0.15) is 10.2 Å². The summed E-state index contributed by atoms with van der Waals surface area (Å²) in [6.07, 6.45) is 8.95. The molecule has 0 bridgehead atoms. The number of hydrogen-bond acceptors (Lipinski definition) is 4. The van der Waals surface area contributed by atoms with Crippen molar-refractivity contribution >= 4 is 11.8 Å². The molecular formula is C27H30N6O2. The van der Waals surface area contributed by atoms with Crippen LogP contribution in [0.4, 0.5) is 0 Å². The molecule has 8 heteroatoms. The predicted octanol–water partition coefficient (Wildman–Crippen LogP) is 3.50. The second kappa shape index (κ2) is 11.8. The van der Waals surface area contributed by atoms with E-state index in [1.165, 1.54) is 0 Å². The Morgan fingerprint density at radius 2 is 1.31 bits per heavy atom. The molecule has 0 saturated heterocycles. The third kappa shape index (κ3) is 6.89. The van der Waals surface area contributed by atoms with Gasteiger partial charge in [0.2, 0.25) is 0 Å². The Morgan fingerprint density at radius 1 is 0.800 bits per heavy atom. The van der Waals surface area contributed by atoms with Crippen LogP contribution in [0.5, 0.6) is 0 Å². The molecule has 0 saturated carbocycles. The molecule has 0 aliphatic heterocycles. The lowest BCUT2D eigenvalue weighted by Crippen LogP contribution is -2.43. The van der Waals surface area contributed by atoms with Gasteiger partial charge in [-0.3, -0.25) is 19.0 Å². The van der Waals surface area contributed by atoms with Crippen molar-refractivity contribution in [2.45, 2.75) is 38.9 Å². The van der Waals surface area contributed by atoms with Gasteiger partial charge in [0.05, 0.1) is 13.1 Å². The molecule has 1 unspecified atom stereocenters. The molecule has 4 rings (SSSR count). The second-order valence-corrected chi connectivity index (χ2v) is 8.47. The molecule has 2 aromatic heterocycles. The zero-order valence-electron chi connectivity index (χ0n) is 19.8. The van der Waals surface area contributed by atoms with Crippen molar-refractivity contribution in [2.75, 3.05) is 6.54 Å². The summed E-state index contributed by atoms with van der Waals surface area (Å²) in [6, 6.07) is 18.6. The number of nitrogens with zero attached hydrogens (tertiary/aromatic N) is 4. The molecule has 2 N–H and O–H groups in total. The molecule has 2 aromatic carbocycles. The average molecular weight is 471 g/mol. The van der Waals surface area contributed by atoms with E-state index in [0.717, 1.165) is 24.0 Å². The van der Waals surface area contributed by atoms with Crippen molar-refractivity contribution in [3.63, 3.8) is 0 Å². The highest BCUT2D eigenvalue weighted by Crippen LogP contribution is 2.09. The van der Waals surface area contributed by atoms with Gasteiger partial charge in [-0.25, -0.2) is 0 Å². The van der Waals surface area contributed by atoms with Gasteiger partial charge in [0.15, 0.2) is 0 Å². The van der Waals surface area contributed by atoms with E-state index in [1.807, 2.05) is 82.4 Å². The summed E-state index contributed by atoms with van der Waals surface area (Å²) < 4.78 is 3.67. The van der Waals surface area contributed by atoms with E-state index < -0.39 is 0 Å². The number of carbonyl (C=O) groups excluding carboxylic acids is 2. The van der Waals surface area contributed by atoms with Crippen molar-refractivity contribution in [1.82, 2.24) is 30.2 Å². The first-order valence-corrected chi connectivity index (χ1v) is 11.8. The van der Waals surface area contributed by atoms with Gasteiger partial charge >= 0.3 is 0 Å². The Labute approximate surface area is 205 Å². The molecule has 0 fully saturated rings. The zero-order valence-corrected chi connectivity index (χ0v) is 19.8. The SMILES string of the molecule is CCCC(CNC(=O)c1ccc(Cn2cccn2)cc1)NC(=O)c1ccc(Cn2cccn2)cc1. The van der Waals surface area contributed by atoms with Crippen LogP contribution in [0.3, 0.4) is 0 Å². The number of rotatable bonds is 11. The molecule has 4 aromatic rings. The van der Waals surface area contributed by atoms with E-state index in [2.05, 4.69) is 27.8 Å². The highest BCUT2D eigenvalue weighted by atomic mass is 16.2. The van der Waals surface area contributed by atoms with Crippen LogP contribution in [0.2, 0.25) is 0 Å². The third-order valence-electron chi connectivity index (χ3n) is 5.72. The third-order valence-corrected chi connectivity index (χ3v) is 5.72. The normalized spacial score (nSPS) is 11.7. The maximum atomic E-state index is 12.8. The maximum Gasteiger partial charge on any atom is 0.251 e. The average Bonchev–Trinajstić information content (AvgIpc) is 3.58. The van der Waals surface area contributed by atoms with E-state index in [9.17, 15) is 9.59 Å². The van der Waals surface area contributed by atoms with E-state index in [4.69, 9.17) is 0 Å². The Morgan fingerprint density at radius 3 is 1.77 bits per heavy atom. The van der Waals surface area contributed by atoms with Gasteiger partial charge < -0.3 is 10.6 Å². The highest BCUT2D eigenvalue weighted by molar-refractivity contribution is 5.95. The van der Waals surface area contributed by atoms with Crippen molar-refractivity contribution in [3.8, 4) is 0 Å². The Kier molecular flexibility index (Phi) is 8.06. The van der Waals surface area contributed by atoms with Gasteiger partial charge in [0.25, 0.3) is 11.8 Å². The molecule has 8 nitrogen and oxygen atoms in total. The van der Waals surface area contributed by atoms with E-state index in [-0.39, 0.29) is 17.9 Å². The fourth-order valence-electron chi connectivity index (χ4n) is 3.85. The fraction of sp³-hybridized carbons (Fsp3) is 0.259. The Balaban J connectivity index is 1.28. The Bertz CT molecular complexity index is 1200. The van der Waals surface area contributed by atoms with Gasteiger partial charge in [-0.1, -0.05) is 37.6 Å². The largest absolute Gasteiger partial charge is 0.350 e. The summed E-state index contributed by atoms with van der Waals surface area (Å²) in [5.74, 6) is -0.305. The van der Waals surface area contributed by atoms with E-state index in [0.29, 0.717) is 30.8 Å². The van der Waals surface area contributed by atoms with E-state index >= 15 is 0 Å². The van der Waals surface area contributed by atoms with Crippen LogP contribution in [0.25, 0.3) is 0 Å². The monoisotopic (exact) mass is 470 g/mol. The van der Waals surface area contributed by atoms with Crippen molar-refractivity contribution < 1.29 is 9.59 Å². The first-order chi connectivity index (χ1) is 17.1. The standard InChI is InChI=1S/C27H30N6O2/c1-2-5-25(31-27(35)24-12-8-22(9-13-24)20-33-17-4-15-30-33)18-28-26(34)23-10-6-21(7-11-23)19-32-16-3-14-29-32/h3-4,6-17,25H,2,5,18-20H2,1H3,(H,28,34)(H,31,35). The van der Waals surface area contributed by atoms with Crippen LogP contribution in [-0.4, -0.2) is 44.0 Å². The molecule has 0 aliphatic carbocycles. The minimum atomic E-state index is -0.158. The minimum Gasteiger partial charge on any atom is -0.350 e. The van der Waals surface area contributed by atoms with Gasteiger partial charge in [0, 0.05) is 48.5 Å². The number of amides is 2. The first kappa shape index (κ1) is 23.9. The molecule has 2 heterocycles. The van der Waals surface area contributed by atoms with Crippen LogP contribution in [0.15, 0.2) is 85.5 Å². The second-order valence-electron chi connectivity index (χ2n) is 8.47. The molecular weight excluding hydrogens is 440 g/mol. The van der Waals surface area contributed by atoms with Crippen LogP contribution in [0, 0.1) is 0 Å². The Hall–Kier alpha value is -4.20. The van der Waals surface area contributed by atoms with Crippen molar-refractivity contribution in [2.24, 2.45) is 0 Å². The van der Waals surface area contributed by atoms with Gasteiger partial charge in [-0.15, -0.1) is 0 Å². The summed E-state index contributed by atoms with van der Waals surface area (Å²) in [7, 11) is 0. The van der Waals surface area contributed by atoms with Crippen molar-refractivity contribution in [1.29, 1.82) is 0 Å². The molecule has 0 spiro atoms. The smallest absolute Gasteiger partial charge is 0.251 e. The summed E-state index contributed by atoms with van der Waals surface area (Å²) in [5.41, 5.74) is 3.31. The highest BCUT2D eigenvalue weighted by Gasteiger charge is 2.15. The summed E-state index contributed by atoms with van der Waals surface area (Å²) in [6.45, 7) is 3.74. The minimum absolute atomic E-state index is 0.147. The lowest BCUT2D eigenvalue weighted by atomic mass is 10.1. The molecule has 0 aliphatic rings. The maximum absolute atomic E-state index is 12.8. The number of benzene rings is 2. The number of nitrogens with one attached hydrogen (secondary N) is 2. The quantitative estimate of drug-likeness (QED) is 0.351. The number of carbonyl (C=O) groups is 2. The van der Waals surface area contributed by atoms with E-state index in [1.54, 1.807) is 12.4 Å². The molecule has 0 radical (unpaired) electrons. The summed E-state index contributed by atoms with van der Waals surface area (Å²) >= 11 is 0.